The van der Waals surface area contributed by atoms with Crippen LogP contribution in [0.4, 0.5) is 5.69 Å². The first kappa shape index (κ1) is 18.2. The van der Waals surface area contributed by atoms with Crippen LogP contribution in [0.3, 0.4) is 0 Å². The maximum absolute atomic E-state index is 12.1. The van der Waals surface area contributed by atoms with Gasteiger partial charge in [0.05, 0.1) is 13.7 Å². The molecule has 138 valence electrons. The van der Waals surface area contributed by atoms with E-state index in [4.69, 9.17) is 4.74 Å². The molecule has 0 saturated carbocycles. The second kappa shape index (κ2) is 7.76. The van der Waals surface area contributed by atoms with Crippen LogP contribution in [0.15, 0.2) is 65.5 Å². The van der Waals surface area contributed by atoms with Crippen LogP contribution in [0.25, 0.3) is 11.1 Å². The molecule has 0 amide bonds. The van der Waals surface area contributed by atoms with E-state index >= 15 is 0 Å². The normalized spacial score (nSPS) is 10.4. The molecule has 1 heterocycles. The first-order chi connectivity index (χ1) is 13.0. The number of carbonyl (C=O) groups is 1. The minimum absolute atomic E-state index is 0.0857. The van der Waals surface area contributed by atoms with Gasteiger partial charge in [-0.25, -0.2) is 4.79 Å². The van der Waals surface area contributed by atoms with Crippen LogP contribution in [0.1, 0.15) is 16.1 Å². The van der Waals surface area contributed by atoms with E-state index in [1.807, 2.05) is 17.6 Å². The molecule has 0 saturated heterocycles. The molecule has 0 unspecified atom stereocenters. The van der Waals surface area contributed by atoms with Crippen molar-refractivity contribution >= 4 is 11.7 Å². The van der Waals surface area contributed by atoms with Crippen molar-refractivity contribution in [2.45, 2.75) is 6.54 Å². The van der Waals surface area contributed by atoms with Gasteiger partial charge in [-0.1, -0.05) is 24.3 Å². The molecule has 0 radical (unpaired) electrons. The third kappa shape index (κ3) is 3.83. The van der Waals surface area contributed by atoms with E-state index in [1.165, 1.54) is 22.8 Å². The van der Waals surface area contributed by atoms with Gasteiger partial charge < -0.3 is 20.5 Å². The van der Waals surface area contributed by atoms with Crippen LogP contribution >= 0.6 is 0 Å². The molecule has 0 aliphatic heterocycles. The molecule has 27 heavy (non-hydrogen) atoms. The lowest BCUT2D eigenvalue weighted by Crippen LogP contribution is -2.25. The van der Waals surface area contributed by atoms with Gasteiger partial charge in [-0.15, -0.1) is 0 Å². The van der Waals surface area contributed by atoms with E-state index < -0.39 is 11.5 Å². The van der Waals surface area contributed by atoms with E-state index in [2.05, 4.69) is 0 Å². The molecular formula is C20H17N2O5-. The van der Waals surface area contributed by atoms with Crippen LogP contribution in [0.2, 0.25) is 0 Å². The number of carboxylic acid groups (broad SMARTS) is 1. The number of hydrogen-bond acceptors (Lipinski definition) is 5. The Kier molecular flexibility index (Phi) is 5.23. The van der Waals surface area contributed by atoms with Crippen LogP contribution in [0.5, 0.6) is 5.75 Å². The lowest BCUT2D eigenvalue weighted by atomic mass is 10.0. The minimum Gasteiger partial charge on any atom is -0.761 e. The fourth-order valence-electron chi connectivity index (χ4n) is 2.88. The van der Waals surface area contributed by atoms with E-state index in [-0.39, 0.29) is 12.2 Å². The Hall–Kier alpha value is -3.58. The lowest BCUT2D eigenvalue weighted by Gasteiger charge is -2.15. The summed E-state index contributed by atoms with van der Waals surface area (Å²) in [7, 11) is 1.54. The number of aromatic carboxylic acids is 1. The van der Waals surface area contributed by atoms with Gasteiger partial charge in [0.2, 0.25) is 0 Å². The highest BCUT2D eigenvalue weighted by molar-refractivity contribution is 5.85. The predicted octanol–water partition coefficient (Wildman–Crippen LogP) is 3.18. The highest BCUT2D eigenvalue weighted by atomic mass is 16.5. The molecule has 0 fully saturated rings. The van der Waals surface area contributed by atoms with Crippen molar-refractivity contribution in [2.24, 2.45) is 0 Å². The fraction of sp³-hybridized carbons (Fsp3) is 0.100. The van der Waals surface area contributed by atoms with Crippen LogP contribution in [0, 0.1) is 5.21 Å². The van der Waals surface area contributed by atoms with Crippen molar-refractivity contribution in [1.29, 1.82) is 0 Å². The summed E-state index contributed by atoms with van der Waals surface area (Å²) >= 11 is 0. The maximum Gasteiger partial charge on any atom is 0.352 e. The smallest absolute Gasteiger partial charge is 0.352 e. The van der Waals surface area contributed by atoms with Crippen LogP contribution in [-0.2, 0) is 6.54 Å². The number of aromatic nitrogens is 1. The number of benzene rings is 2. The minimum atomic E-state index is -1.17. The summed E-state index contributed by atoms with van der Waals surface area (Å²) in [6.07, 6.45) is 0. The van der Waals surface area contributed by atoms with Gasteiger partial charge in [0.15, 0.2) is 0 Å². The largest absolute Gasteiger partial charge is 0.761 e. The maximum atomic E-state index is 12.1. The standard InChI is InChI=1S/C20H17N2O5/c1-27-18-9-8-13(10-16(18)14-4-2-5-15(11-14)21-26)12-22-17(20(24)25)6-3-7-19(22)23/h2-11,21H,12H2,1H3,(H,24,25)/q-1. The van der Waals surface area contributed by atoms with E-state index in [0.29, 0.717) is 11.4 Å². The average Bonchev–Trinajstić information content (AvgIpc) is 2.69. The lowest BCUT2D eigenvalue weighted by molar-refractivity contribution is 0.0684. The van der Waals surface area contributed by atoms with Crippen molar-refractivity contribution in [2.75, 3.05) is 12.6 Å². The van der Waals surface area contributed by atoms with Gasteiger partial charge >= 0.3 is 5.97 Å². The third-order valence-corrected chi connectivity index (χ3v) is 4.16. The summed E-state index contributed by atoms with van der Waals surface area (Å²) in [5.41, 5.74) is 3.99. The van der Waals surface area contributed by atoms with Gasteiger partial charge in [-0.3, -0.25) is 9.36 Å². The van der Waals surface area contributed by atoms with Crippen molar-refractivity contribution in [3.8, 4) is 16.9 Å². The molecule has 0 bridgehead atoms. The zero-order valence-electron chi connectivity index (χ0n) is 14.5. The Labute approximate surface area is 155 Å². The summed E-state index contributed by atoms with van der Waals surface area (Å²) in [6, 6.07) is 16.4. The van der Waals surface area contributed by atoms with Gasteiger partial charge in [0.25, 0.3) is 5.56 Å². The Bertz CT molecular complexity index is 1040. The summed E-state index contributed by atoms with van der Waals surface area (Å²) in [5, 5.41) is 20.3. The first-order valence-corrected chi connectivity index (χ1v) is 8.12. The molecule has 1 aromatic heterocycles. The number of carboxylic acids is 1. The number of hydrogen-bond donors (Lipinski definition) is 2. The first-order valence-electron chi connectivity index (χ1n) is 8.12. The molecule has 0 aliphatic rings. The molecule has 0 atom stereocenters. The van der Waals surface area contributed by atoms with Crippen molar-refractivity contribution in [3.63, 3.8) is 0 Å². The van der Waals surface area contributed by atoms with E-state index in [9.17, 15) is 19.9 Å². The molecule has 2 aromatic carbocycles. The number of pyridine rings is 1. The molecular weight excluding hydrogens is 348 g/mol. The number of nitrogens with one attached hydrogen (secondary N) is 1. The second-order valence-corrected chi connectivity index (χ2v) is 5.86. The monoisotopic (exact) mass is 365 g/mol. The zero-order chi connectivity index (χ0) is 19.4. The Morgan fingerprint density at radius 3 is 2.63 bits per heavy atom. The van der Waals surface area contributed by atoms with Crippen LogP contribution < -0.4 is 15.8 Å². The number of nitrogens with zero attached hydrogens (tertiary/aromatic N) is 1. The van der Waals surface area contributed by atoms with Crippen molar-refractivity contribution in [3.05, 3.63) is 87.5 Å². The SMILES string of the molecule is COc1ccc(Cn2c(C(=O)O)cccc2=O)cc1-c1cccc(N[O-])c1. The molecule has 7 heteroatoms. The van der Waals surface area contributed by atoms with Crippen molar-refractivity contribution < 1.29 is 14.6 Å². The zero-order valence-corrected chi connectivity index (χ0v) is 14.5. The number of methoxy groups -OCH3 is 1. The number of anilines is 1. The van der Waals surface area contributed by atoms with Gasteiger partial charge in [0.1, 0.15) is 11.4 Å². The van der Waals surface area contributed by atoms with E-state index in [0.717, 1.165) is 16.7 Å². The topological polar surface area (TPSA) is 104 Å². The number of rotatable bonds is 6. The summed E-state index contributed by atoms with van der Waals surface area (Å²) in [4.78, 5) is 23.5. The Morgan fingerprint density at radius 1 is 1.15 bits per heavy atom. The Balaban J connectivity index is 2.07. The van der Waals surface area contributed by atoms with Gasteiger partial charge in [-0.05, 0) is 41.5 Å². The molecule has 0 spiro atoms. The fourth-order valence-corrected chi connectivity index (χ4v) is 2.88. The third-order valence-electron chi connectivity index (χ3n) is 4.16. The van der Waals surface area contributed by atoms with Crippen molar-refractivity contribution in [1.82, 2.24) is 4.57 Å². The van der Waals surface area contributed by atoms with Gasteiger partial charge in [-0.2, -0.15) is 0 Å². The van der Waals surface area contributed by atoms with Gasteiger partial charge in [0, 0.05) is 17.3 Å². The molecule has 0 aliphatic carbocycles. The second-order valence-electron chi connectivity index (χ2n) is 5.86. The predicted molar refractivity (Wildman–Crippen MR) is 102 cm³/mol. The average molecular weight is 365 g/mol. The summed E-state index contributed by atoms with van der Waals surface area (Å²) in [5.74, 6) is -0.573. The number of ether oxygens (including phenoxy) is 1. The molecule has 3 rings (SSSR count). The molecule has 3 aromatic rings. The molecule has 7 nitrogen and oxygen atoms in total. The summed E-state index contributed by atoms with van der Waals surface area (Å²) in [6.45, 7) is 0.0950. The quantitative estimate of drug-likeness (QED) is 0.650. The Morgan fingerprint density at radius 2 is 1.93 bits per heavy atom. The highest BCUT2D eigenvalue weighted by Crippen LogP contribution is 2.32. The molecule has 2 N–H and O–H groups in total. The summed E-state index contributed by atoms with van der Waals surface area (Å²) < 4.78 is 6.60. The highest BCUT2D eigenvalue weighted by Gasteiger charge is 2.13. The van der Waals surface area contributed by atoms with E-state index in [1.54, 1.807) is 37.4 Å². The van der Waals surface area contributed by atoms with Crippen LogP contribution in [-0.4, -0.2) is 22.8 Å².